The van der Waals surface area contributed by atoms with Gasteiger partial charge in [0.05, 0.1) is 10.7 Å². The van der Waals surface area contributed by atoms with E-state index in [9.17, 15) is 9.90 Å². The summed E-state index contributed by atoms with van der Waals surface area (Å²) in [5, 5.41) is 16.4. The monoisotopic (exact) mass is 412 g/mol. The first kappa shape index (κ1) is 19.5. The molecule has 4 aromatic rings. The molecular formula is C25H24N4O2. The number of hydrogen-bond acceptors (Lipinski definition) is 5. The van der Waals surface area contributed by atoms with E-state index in [-0.39, 0.29) is 11.4 Å². The van der Waals surface area contributed by atoms with E-state index in [2.05, 4.69) is 28.7 Å². The summed E-state index contributed by atoms with van der Waals surface area (Å²) in [6.45, 7) is 7.16. The Balaban J connectivity index is 1.77. The van der Waals surface area contributed by atoms with Gasteiger partial charge in [-0.2, -0.15) is 0 Å². The molecule has 0 bridgehead atoms. The predicted octanol–water partition coefficient (Wildman–Crippen LogP) is 1.94. The first-order valence-corrected chi connectivity index (χ1v) is 10.7. The normalized spacial score (nSPS) is 13.1. The Labute approximate surface area is 179 Å². The topological polar surface area (TPSA) is 70.2 Å². The lowest BCUT2D eigenvalue weighted by atomic mass is 10.0. The summed E-state index contributed by atoms with van der Waals surface area (Å²) >= 11 is 0. The number of hydrogen-bond donors (Lipinski definition) is 1. The Morgan fingerprint density at radius 1 is 0.871 bits per heavy atom. The highest BCUT2D eigenvalue weighted by Gasteiger charge is 2.17. The van der Waals surface area contributed by atoms with Crippen LogP contribution in [0.2, 0.25) is 0 Å². The average molecular weight is 412 g/mol. The van der Waals surface area contributed by atoms with Crippen LogP contribution in [0.15, 0.2) is 69.4 Å². The number of pyridine rings is 1. The van der Waals surface area contributed by atoms with Crippen molar-refractivity contribution in [3.05, 3.63) is 80.9 Å². The summed E-state index contributed by atoms with van der Waals surface area (Å²) in [7, 11) is 0. The molecule has 0 aliphatic carbocycles. The third-order valence-electron chi connectivity index (χ3n) is 6.12. The van der Waals surface area contributed by atoms with Gasteiger partial charge < -0.3 is 10.0 Å². The van der Waals surface area contributed by atoms with Crippen molar-refractivity contribution in [1.82, 2.24) is 9.47 Å². The van der Waals surface area contributed by atoms with Crippen molar-refractivity contribution < 1.29 is 5.11 Å². The first-order chi connectivity index (χ1) is 15.1. The third-order valence-corrected chi connectivity index (χ3v) is 6.12. The zero-order valence-electron chi connectivity index (χ0n) is 17.7. The van der Waals surface area contributed by atoms with Gasteiger partial charge in [-0.1, -0.05) is 38.1 Å². The Kier molecular flexibility index (Phi) is 4.79. The minimum absolute atomic E-state index is 0.0148. The maximum Gasteiger partial charge on any atom is 0.261 e. The number of para-hydroxylation sites is 2. The van der Waals surface area contributed by atoms with Crippen molar-refractivity contribution in [3.8, 4) is 5.88 Å². The Morgan fingerprint density at radius 3 is 2.23 bits per heavy atom. The van der Waals surface area contributed by atoms with Crippen LogP contribution in [0.1, 0.15) is 13.8 Å². The summed E-state index contributed by atoms with van der Waals surface area (Å²) in [4.78, 5) is 24.9. The molecule has 0 fully saturated rings. The number of rotatable bonds is 5. The van der Waals surface area contributed by atoms with E-state index in [1.165, 1.54) is 4.57 Å². The van der Waals surface area contributed by atoms with Crippen molar-refractivity contribution >= 4 is 27.4 Å². The summed E-state index contributed by atoms with van der Waals surface area (Å²) < 4.78 is 1.49. The fourth-order valence-corrected chi connectivity index (χ4v) is 4.37. The van der Waals surface area contributed by atoms with Crippen molar-refractivity contribution in [2.75, 3.05) is 19.6 Å². The molecule has 0 saturated heterocycles. The molecule has 31 heavy (non-hydrogen) atoms. The lowest BCUT2D eigenvalue weighted by Gasteiger charge is -2.20. The highest BCUT2D eigenvalue weighted by atomic mass is 16.3. The molecule has 1 aliphatic heterocycles. The van der Waals surface area contributed by atoms with Gasteiger partial charge in [0.25, 0.3) is 5.56 Å². The largest absolute Gasteiger partial charge is 0.494 e. The summed E-state index contributed by atoms with van der Waals surface area (Å²) in [5.74, 6) is 0.641. The molecule has 6 nitrogen and oxygen atoms in total. The maximum atomic E-state index is 13.3. The number of nitrogens with zero attached hydrogens (tertiary/aromatic N) is 4. The lowest BCUT2D eigenvalue weighted by Crippen LogP contribution is -2.31. The molecule has 0 atom stereocenters. The summed E-state index contributed by atoms with van der Waals surface area (Å²) in [5.41, 5.74) is -0.173. The quantitative estimate of drug-likeness (QED) is 0.545. The molecule has 0 amide bonds. The van der Waals surface area contributed by atoms with E-state index in [1.807, 2.05) is 54.6 Å². The molecule has 0 saturated carbocycles. The van der Waals surface area contributed by atoms with Crippen LogP contribution in [0.3, 0.4) is 0 Å². The molecule has 0 unspecified atom stereocenters. The second-order valence-electron chi connectivity index (χ2n) is 7.73. The van der Waals surface area contributed by atoms with Gasteiger partial charge in [-0.25, -0.2) is 9.98 Å². The molecule has 6 heteroatoms. The number of benzene rings is 3. The van der Waals surface area contributed by atoms with Gasteiger partial charge in [-0.3, -0.25) is 9.36 Å². The van der Waals surface area contributed by atoms with Crippen molar-refractivity contribution in [3.63, 3.8) is 0 Å². The molecular weight excluding hydrogens is 388 g/mol. The van der Waals surface area contributed by atoms with Crippen LogP contribution in [0.4, 0.5) is 0 Å². The number of aromatic nitrogens is 1. The molecule has 5 rings (SSSR count). The van der Waals surface area contributed by atoms with E-state index in [4.69, 9.17) is 0 Å². The van der Waals surface area contributed by atoms with Gasteiger partial charge in [0.2, 0.25) is 5.88 Å². The number of aromatic hydroxyl groups is 1. The fraction of sp³-hybridized carbons (Fsp3) is 0.240. The highest BCUT2D eigenvalue weighted by molar-refractivity contribution is 6.11. The molecule has 1 aromatic heterocycles. The van der Waals surface area contributed by atoms with Gasteiger partial charge in [0.1, 0.15) is 0 Å². The molecule has 3 aromatic carbocycles. The van der Waals surface area contributed by atoms with Crippen LogP contribution >= 0.6 is 0 Å². The van der Waals surface area contributed by atoms with E-state index >= 15 is 0 Å². The smallest absolute Gasteiger partial charge is 0.261 e. The van der Waals surface area contributed by atoms with E-state index in [0.717, 1.165) is 39.8 Å². The van der Waals surface area contributed by atoms with Crippen molar-refractivity contribution in [2.45, 2.75) is 20.4 Å². The predicted molar refractivity (Wildman–Crippen MR) is 123 cm³/mol. The van der Waals surface area contributed by atoms with Crippen LogP contribution in [0.5, 0.6) is 5.88 Å². The van der Waals surface area contributed by atoms with Crippen LogP contribution < -0.4 is 21.5 Å². The van der Waals surface area contributed by atoms with Crippen molar-refractivity contribution in [1.29, 1.82) is 0 Å². The maximum absolute atomic E-state index is 13.3. The molecule has 0 radical (unpaired) electrons. The number of fused-ring (bicyclic) bond motifs is 1. The van der Waals surface area contributed by atoms with Crippen molar-refractivity contribution in [2.24, 2.45) is 9.98 Å². The highest BCUT2D eigenvalue weighted by Crippen LogP contribution is 2.29. The Hall–Kier alpha value is -3.51. The average Bonchev–Trinajstić information content (AvgIpc) is 3.23. The second-order valence-corrected chi connectivity index (χ2v) is 7.73. The Bertz CT molecular complexity index is 1510. The van der Waals surface area contributed by atoms with E-state index in [1.54, 1.807) is 0 Å². The SMILES string of the molecule is CCN(CC)CCn1c(O)c2cccc3c(=C4N=c5ccccc5=N4)ccc(c1=O)c23. The molecule has 1 N–H and O–H groups in total. The standard InChI is InChI=1S/C25H24N4O2/c1-3-28(4-2)14-15-29-24(30)18-9-7-8-16-17(12-13-19(22(16)18)25(29)31)23-26-20-10-5-6-11-21(20)27-23/h5-13,30H,3-4,14-15H2,1-2H3. The molecule has 0 spiro atoms. The summed E-state index contributed by atoms with van der Waals surface area (Å²) in [6, 6.07) is 17.2. The molecule has 156 valence electrons. The second kappa shape index (κ2) is 7.63. The van der Waals surface area contributed by atoms with E-state index in [0.29, 0.717) is 29.7 Å². The summed E-state index contributed by atoms with van der Waals surface area (Å²) in [6.07, 6.45) is 0. The third kappa shape index (κ3) is 3.11. The van der Waals surface area contributed by atoms with E-state index < -0.39 is 0 Å². The van der Waals surface area contributed by atoms with Crippen LogP contribution in [-0.4, -0.2) is 34.2 Å². The first-order valence-electron chi connectivity index (χ1n) is 10.7. The zero-order valence-corrected chi connectivity index (χ0v) is 17.7. The Morgan fingerprint density at radius 2 is 1.55 bits per heavy atom. The van der Waals surface area contributed by atoms with Crippen LogP contribution in [-0.2, 0) is 6.54 Å². The minimum atomic E-state index is -0.173. The zero-order chi connectivity index (χ0) is 21.5. The van der Waals surface area contributed by atoms with Crippen LogP contribution in [0, 0.1) is 0 Å². The molecule has 2 heterocycles. The van der Waals surface area contributed by atoms with Gasteiger partial charge in [-0.05, 0) is 48.8 Å². The van der Waals surface area contributed by atoms with Crippen LogP contribution in [0.25, 0.3) is 27.4 Å². The lowest BCUT2D eigenvalue weighted by molar-refractivity contribution is 0.281. The van der Waals surface area contributed by atoms with Gasteiger partial charge >= 0.3 is 0 Å². The van der Waals surface area contributed by atoms with Gasteiger partial charge in [-0.15, -0.1) is 0 Å². The van der Waals surface area contributed by atoms with Gasteiger partial charge in [0.15, 0.2) is 5.82 Å². The molecule has 1 aliphatic rings. The fourth-order valence-electron chi connectivity index (χ4n) is 4.37. The van der Waals surface area contributed by atoms with Gasteiger partial charge in [0, 0.05) is 34.5 Å². The minimum Gasteiger partial charge on any atom is -0.494 e. The number of likely N-dealkylation sites (N-methyl/N-ethyl adjacent to an activating group) is 1.